The average molecular weight is 366 g/mol. The molecule has 0 spiro atoms. The van der Waals surface area contributed by atoms with Gasteiger partial charge in [-0.1, -0.05) is 18.2 Å². The molecule has 0 amide bonds. The van der Waals surface area contributed by atoms with E-state index in [4.69, 9.17) is 0 Å². The third-order valence-corrected chi connectivity index (χ3v) is 4.13. The first kappa shape index (κ1) is 15.3. The molecular weight excluding hydrogens is 355 g/mol. The minimum Gasteiger partial charge on any atom is -0.405 e. The van der Waals surface area contributed by atoms with Gasteiger partial charge in [-0.15, -0.1) is 24.5 Å². The normalized spacial score (nSPS) is 11.6. The van der Waals surface area contributed by atoms with E-state index in [1.807, 2.05) is 11.4 Å². The molecule has 0 radical (unpaired) electrons. The van der Waals surface area contributed by atoms with Crippen molar-refractivity contribution in [1.82, 2.24) is 5.32 Å². The molecule has 1 aromatic carbocycles. The van der Waals surface area contributed by atoms with Crippen LogP contribution in [0.5, 0.6) is 5.75 Å². The molecule has 20 heavy (non-hydrogen) atoms. The number of benzene rings is 1. The van der Waals surface area contributed by atoms with Crippen LogP contribution in [0.3, 0.4) is 0 Å². The first-order valence-corrected chi connectivity index (χ1v) is 7.38. The molecule has 0 fully saturated rings. The summed E-state index contributed by atoms with van der Waals surface area (Å²) in [7, 11) is 0. The van der Waals surface area contributed by atoms with Crippen LogP contribution >= 0.6 is 27.3 Å². The maximum Gasteiger partial charge on any atom is 0.573 e. The van der Waals surface area contributed by atoms with E-state index in [-0.39, 0.29) is 5.75 Å². The minimum atomic E-state index is -4.67. The van der Waals surface area contributed by atoms with E-state index in [2.05, 4.69) is 26.0 Å². The van der Waals surface area contributed by atoms with Crippen LogP contribution in [0.25, 0.3) is 0 Å². The molecule has 0 unspecified atom stereocenters. The van der Waals surface area contributed by atoms with Crippen molar-refractivity contribution in [3.63, 3.8) is 0 Å². The van der Waals surface area contributed by atoms with E-state index in [1.54, 1.807) is 23.5 Å². The highest BCUT2D eigenvalue weighted by Gasteiger charge is 2.31. The van der Waals surface area contributed by atoms with Crippen LogP contribution in [0.1, 0.15) is 10.4 Å². The zero-order chi connectivity index (χ0) is 14.6. The number of hydrogen-bond donors (Lipinski definition) is 1. The van der Waals surface area contributed by atoms with Gasteiger partial charge in [-0.25, -0.2) is 0 Å². The van der Waals surface area contributed by atoms with E-state index in [9.17, 15) is 13.2 Å². The lowest BCUT2D eigenvalue weighted by Crippen LogP contribution is -2.19. The van der Waals surface area contributed by atoms with Crippen LogP contribution in [0.15, 0.2) is 40.2 Å². The maximum absolute atomic E-state index is 12.3. The number of ether oxygens (including phenoxy) is 1. The summed E-state index contributed by atoms with van der Waals surface area (Å²) >= 11 is 4.93. The summed E-state index contributed by atoms with van der Waals surface area (Å²) in [4.78, 5) is 1.10. The van der Waals surface area contributed by atoms with Crippen molar-refractivity contribution in [2.45, 2.75) is 19.5 Å². The molecule has 0 saturated carbocycles. The summed E-state index contributed by atoms with van der Waals surface area (Å²) in [6, 6.07) is 8.09. The molecule has 0 aliphatic rings. The Morgan fingerprint density at radius 2 is 1.95 bits per heavy atom. The molecule has 2 aromatic rings. The second kappa shape index (κ2) is 6.60. The highest BCUT2D eigenvalue weighted by atomic mass is 79.9. The van der Waals surface area contributed by atoms with E-state index >= 15 is 0 Å². The fraction of sp³-hybridized carbons (Fsp3) is 0.231. The molecular formula is C13H11BrF3NOS. The third-order valence-electron chi connectivity index (χ3n) is 2.43. The molecule has 1 heterocycles. The number of halogens is 4. The number of rotatable bonds is 5. The molecule has 0 aliphatic carbocycles. The van der Waals surface area contributed by atoms with Gasteiger partial charge in [-0.05, 0) is 28.1 Å². The van der Waals surface area contributed by atoms with E-state index in [1.165, 1.54) is 12.1 Å². The summed E-state index contributed by atoms with van der Waals surface area (Å²) in [5.74, 6) is -0.167. The summed E-state index contributed by atoms with van der Waals surface area (Å²) in [6.07, 6.45) is -4.67. The summed E-state index contributed by atoms with van der Waals surface area (Å²) in [6.45, 7) is 0.901. The fourth-order valence-corrected chi connectivity index (χ4v) is 3.06. The second-order valence-corrected chi connectivity index (χ2v) is 5.90. The molecule has 1 N–H and O–H groups in total. The van der Waals surface area contributed by atoms with E-state index in [0.717, 1.165) is 9.35 Å². The predicted molar refractivity (Wildman–Crippen MR) is 75.7 cm³/mol. The van der Waals surface area contributed by atoms with Gasteiger partial charge in [0.25, 0.3) is 0 Å². The number of hydrogen-bond acceptors (Lipinski definition) is 3. The van der Waals surface area contributed by atoms with Crippen LogP contribution in [-0.2, 0) is 13.1 Å². The van der Waals surface area contributed by atoms with Gasteiger partial charge in [-0.2, -0.15) is 0 Å². The standard InChI is InChI=1S/C13H11BrF3NOS/c14-10-5-11(20-8-10)7-18-6-9-3-1-2-4-12(9)19-13(15,16)17/h1-5,8,18H,6-7H2. The van der Waals surface area contributed by atoms with Gasteiger partial charge >= 0.3 is 6.36 Å². The quantitative estimate of drug-likeness (QED) is 0.829. The highest BCUT2D eigenvalue weighted by Crippen LogP contribution is 2.26. The lowest BCUT2D eigenvalue weighted by molar-refractivity contribution is -0.274. The van der Waals surface area contributed by atoms with Crippen molar-refractivity contribution >= 4 is 27.3 Å². The maximum atomic E-state index is 12.3. The topological polar surface area (TPSA) is 21.3 Å². The predicted octanol–water partition coefficient (Wildman–Crippen LogP) is 4.70. The lowest BCUT2D eigenvalue weighted by atomic mass is 10.2. The molecule has 2 rings (SSSR count). The molecule has 1 aromatic heterocycles. The molecule has 0 aliphatic heterocycles. The SMILES string of the molecule is FC(F)(F)Oc1ccccc1CNCc1cc(Br)cs1. The van der Waals surface area contributed by atoms with Crippen molar-refractivity contribution in [2.75, 3.05) is 0 Å². The minimum absolute atomic E-state index is 0.167. The van der Waals surface area contributed by atoms with Gasteiger partial charge in [0.2, 0.25) is 0 Å². The van der Waals surface area contributed by atoms with Crippen LogP contribution in [0.2, 0.25) is 0 Å². The first-order chi connectivity index (χ1) is 9.44. The Kier molecular flexibility index (Phi) is 5.06. The Labute approximate surface area is 126 Å². The molecule has 0 saturated heterocycles. The van der Waals surface area contributed by atoms with Crippen molar-refractivity contribution < 1.29 is 17.9 Å². The van der Waals surface area contributed by atoms with Crippen molar-refractivity contribution in [1.29, 1.82) is 0 Å². The highest BCUT2D eigenvalue weighted by molar-refractivity contribution is 9.10. The Morgan fingerprint density at radius 3 is 2.60 bits per heavy atom. The molecule has 0 atom stereocenters. The fourth-order valence-electron chi connectivity index (χ4n) is 1.64. The summed E-state index contributed by atoms with van der Waals surface area (Å²) in [5.41, 5.74) is 0.473. The molecule has 108 valence electrons. The Balaban J connectivity index is 1.95. The summed E-state index contributed by atoms with van der Waals surface area (Å²) in [5, 5.41) is 5.06. The van der Waals surface area contributed by atoms with E-state index < -0.39 is 6.36 Å². The average Bonchev–Trinajstić information content (AvgIpc) is 2.75. The van der Waals surface area contributed by atoms with Crippen LogP contribution in [-0.4, -0.2) is 6.36 Å². The number of alkyl halides is 3. The molecule has 0 bridgehead atoms. The van der Waals surface area contributed by atoms with Gasteiger partial charge in [-0.3, -0.25) is 0 Å². The number of para-hydroxylation sites is 1. The Bertz CT molecular complexity index is 571. The van der Waals surface area contributed by atoms with Gasteiger partial charge in [0.1, 0.15) is 5.75 Å². The summed E-state index contributed by atoms with van der Waals surface area (Å²) < 4.78 is 41.8. The smallest absolute Gasteiger partial charge is 0.405 e. The Morgan fingerprint density at radius 1 is 1.20 bits per heavy atom. The third kappa shape index (κ3) is 4.81. The van der Waals surface area contributed by atoms with Crippen LogP contribution in [0.4, 0.5) is 13.2 Å². The molecule has 7 heteroatoms. The zero-order valence-electron chi connectivity index (χ0n) is 10.2. The van der Waals surface area contributed by atoms with E-state index in [0.29, 0.717) is 18.7 Å². The van der Waals surface area contributed by atoms with Crippen LogP contribution in [0, 0.1) is 0 Å². The second-order valence-electron chi connectivity index (χ2n) is 3.99. The van der Waals surface area contributed by atoms with Crippen LogP contribution < -0.4 is 10.1 Å². The van der Waals surface area contributed by atoms with Gasteiger partial charge < -0.3 is 10.1 Å². The largest absolute Gasteiger partial charge is 0.573 e. The molecule has 2 nitrogen and oxygen atoms in total. The number of thiophene rings is 1. The zero-order valence-corrected chi connectivity index (χ0v) is 12.6. The Hall–Kier alpha value is -1.05. The monoisotopic (exact) mass is 365 g/mol. The lowest BCUT2D eigenvalue weighted by Gasteiger charge is -2.13. The van der Waals surface area contributed by atoms with Crippen molar-refractivity contribution in [3.8, 4) is 5.75 Å². The van der Waals surface area contributed by atoms with Gasteiger partial charge in [0.15, 0.2) is 0 Å². The first-order valence-electron chi connectivity index (χ1n) is 5.71. The van der Waals surface area contributed by atoms with Gasteiger partial charge in [0, 0.05) is 33.4 Å². The van der Waals surface area contributed by atoms with Crippen molar-refractivity contribution in [2.24, 2.45) is 0 Å². The number of nitrogens with one attached hydrogen (secondary N) is 1. The van der Waals surface area contributed by atoms with Gasteiger partial charge in [0.05, 0.1) is 0 Å². The van der Waals surface area contributed by atoms with Crippen molar-refractivity contribution in [3.05, 3.63) is 50.6 Å².